The standard InChI is InChI=1S/C17H19N3O/c1-12-9-14(10-19)4-5-15(12)11-21-17-6-3-13(2)20-16(17)7-8-18/h3-6,9H,7-8,11,18H2,1-2H3. The number of nitrogens with zero attached hydrogens (tertiary/aromatic N) is 2. The third-order valence-electron chi connectivity index (χ3n) is 3.31. The van der Waals surface area contributed by atoms with Crippen molar-refractivity contribution in [2.45, 2.75) is 26.9 Å². The Kier molecular flexibility index (Phi) is 4.91. The van der Waals surface area contributed by atoms with Gasteiger partial charge in [-0.15, -0.1) is 0 Å². The summed E-state index contributed by atoms with van der Waals surface area (Å²) in [4.78, 5) is 4.48. The van der Waals surface area contributed by atoms with Crippen LogP contribution in [0, 0.1) is 25.2 Å². The number of hydrogen-bond donors (Lipinski definition) is 1. The molecule has 0 unspecified atom stereocenters. The Balaban J connectivity index is 2.15. The molecule has 0 aliphatic carbocycles. The number of hydrogen-bond acceptors (Lipinski definition) is 4. The lowest BCUT2D eigenvalue weighted by Gasteiger charge is -2.12. The summed E-state index contributed by atoms with van der Waals surface area (Å²) < 4.78 is 5.88. The van der Waals surface area contributed by atoms with Gasteiger partial charge in [0, 0.05) is 12.1 Å². The quantitative estimate of drug-likeness (QED) is 0.914. The van der Waals surface area contributed by atoms with Crippen molar-refractivity contribution in [3.8, 4) is 11.8 Å². The average Bonchev–Trinajstić information content (AvgIpc) is 2.48. The van der Waals surface area contributed by atoms with Gasteiger partial charge in [-0.25, -0.2) is 0 Å². The summed E-state index contributed by atoms with van der Waals surface area (Å²) in [5.41, 5.74) is 10.2. The van der Waals surface area contributed by atoms with Gasteiger partial charge in [-0.1, -0.05) is 6.07 Å². The highest BCUT2D eigenvalue weighted by Crippen LogP contribution is 2.20. The second-order valence-corrected chi connectivity index (χ2v) is 4.98. The molecule has 0 aliphatic heterocycles. The third-order valence-corrected chi connectivity index (χ3v) is 3.31. The van der Waals surface area contributed by atoms with E-state index in [1.54, 1.807) is 6.07 Å². The number of pyridine rings is 1. The van der Waals surface area contributed by atoms with Gasteiger partial charge in [0.25, 0.3) is 0 Å². The first-order valence-electron chi connectivity index (χ1n) is 6.93. The molecule has 1 aromatic carbocycles. The minimum atomic E-state index is 0.458. The van der Waals surface area contributed by atoms with Crippen LogP contribution in [0.1, 0.15) is 28.1 Å². The van der Waals surface area contributed by atoms with Crippen molar-refractivity contribution in [2.24, 2.45) is 5.73 Å². The second kappa shape index (κ2) is 6.87. The summed E-state index contributed by atoms with van der Waals surface area (Å²) >= 11 is 0. The number of nitriles is 1. The molecule has 0 bridgehead atoms. The van der Waals surface area contributed by atoms with E-state index < -0.39 is 0 Å². The molecule has 4 heteroatoms. The highest BCUT2D eigenvalue weighted by Gasteiger charge is 2.07. The predicted molar refractivity (Wildman–Crippen MR) is 82.0 cm³/mol. The fraction of sp³-hybridized carbons (Fsp3) is 0.294. The first-order chi connectivity index (χ1) is 10.1. The molecule has 1 aromatic heterocycles. The maximum absolute atomic E-state index is 8.88. The molecule has 1 heterocycles. The Morgan fingerprint density at radius 1 is 1.24 bits per heavy atom. The van der Waals surface area contributed by atoms with Gasteiger partial charge in [0.1, 0.15) is 12.4 Å². The number of nitrogens with two attached hydrogens (primary N) is 1. The van der Waals surface area contributed by atoms with Gasteiger partial charge < -0.3 is 10.5 Å². The molecule has 4 nitrogen and oxygen atoms in total. The molecule has 2 rings (SSSR count). The molecule has 108 valence electrons. The van der Waals surface area contributed by atoms with E-state index >= 15 is 0 Å². The van der Waals surface area contributed by atoms with Crippen LogP contribution in [0.15, 0.2) is 30.3 Å². The summed E-state index contributed by atoms with van der Waals surface area (Å²) in [5, 5.41) is 8.88. The van der Waals surface area contributed by atoms with Crippen molar-refractivity contribution in [3.05, 3.63) is 58.4 Å². The highest BCUT2D eigenvalue weighted by molar-refractivity contribution is 5.38. The lowest BCUT2D eigenvalue weighted by molar-refractivity contribution is 0.300. The zero-order valence-corrected chi connectivity index (χ0v) is 12.4. The monoisotopic (exact) mass is 281 g/mol. The van der Waals surface area contributed by atoms with Crippen molar-refractivity contribution in [1.82, 2.24) is 4.98 Å². The SMILES string of the molecule is Cc1ccc(OCc2ccc(C#N)cc2C)c(CCN)n1. The van der Waals surface area contributed by atoms with Gasteiger partial charge in [0.05, 0.1) is 17.3 Å². The summed E-state index contributed by atoms with van der Waals surface area (Å²) in [7, 11) is 0. The van der Waals surface area contributed by atoms with Gasteiger partial charge in [-0.05, 0) is 55.8 Å². The molecule has 2 aromatic rings. The van der Waals surface area contributed by atoms with Crippen LogP contribution in [0.25, 0.3) is 0 Å². The highest BCUT2D eigenvalue weighted by atomic mass is 16.5. The van der Waals surface area contributed by atoms with Crippen molar-refractivity contribution < 1.29 is 4.74 Å². The van der Waals surface area contributed by atoms with E-state index in [1.165, 1.54) is 0 Å². The summed E-state index contributed by atoms with van der Waals surface area (Å²) in [6.45, 7) is 4.94. The van der Waals surface area contributed by atoms with Gasteiger partial charge in [0.2, 0.25) is 0 Å². The molecule has 0 saturated heterocycles. The molecule has 0 aliphatic rings. The summed E-state index contributed by atoms with van der Waals surface area (Å²) in [6, 6.07) is 11.6. The number of aromatic nitrogens is 1. The summed E-state index contributed by atoms with van der Waals surface area (Å²) in [6.07, 6.45) is 0.698. The lowest BCUT2D eigenvalue weighted by atomic mass is 10.1. The molecule has 0 amide bonds. The molecule has 2 N–H and O–H groups in total. The average molecular weight is 281 g/mol. The van der Waals surface area contributed by atoms with E-state index in [2.05, 4.69) is 11.1 Å². The largest absolute Gasteiger partial charge is 0.487 e. The fourth-order valence-electron chi connectivity index (χ4n) is 2.13. The van der Waals surface area contributed by atoms with E-state index in [-0.39, 0.29) is 0 Å². The van der Waals surface area contributed by atoms with E-state index in [9.17, 15) is 0 Å². The number of rotatable bonds is 5. The molecule has 0 fully saturated rings. The third kappa shape index (κ3) is 3.80. The minimum Gasteiger partial charge on any atom is -0.487 e. The van der Waals surface area contributed by atoms with Gasteiger partial charge >= 0.3 is 0 Å². The van der Waals surface area contributed by atoms with Crippen LogP contribution in [0.4, 0.5) is 0 Å². The van der Waals surface area contributed by atoms with Crippen molar-refractivity contribution in [3.63, 3.8) is 0 Å². The topological polar surface area (TPSA) is 71.9 Å². The van der Waals surface area contributed by atoms with Crippen molar-refractivity contribution in [1.29, 1.82) is 5.26 Å². The first-order valence-corrected chi connectivity index (χ1v) is 6.93. The smallest absolute Gasteiger partial charge is 0.141 e. The van der Waals surface area contributed by atoms with Crippen LogP contribution in [0.5, 0.6) is 5.75 Å². The van der Waals surface area contributed by atoms with Crippen LogP contribution in [-0.4, -0.2) is 11.5 Å². The molecule has 0 saturated carbocycles. The van der Waals surface area contributed by atoms with Crippen LogP contribution in [0.3, 0.4) is 0 Å². The van der Waals surface area contributed by atoms with Crippen LogP contribution in [-0.2, 0) is 13.0 Å². The van der Waals surface area contributed by atoms with E-state index in [0.29, 0.717) is 25.1 Å². The first kappa shape index (κ1) is 15.0. The van der Waals surface area contributed by atoms with Crippen molar-refractivity contribution in [2.75, 3.05) is 6.54 Å². The van der Waals surface area contributed by atoms with E-state index in [4.69, 9.17) is 15.7 Å². The van der Waals surface area contributed by atoms with Crippen molar-refractivity contribution >= 4 is 0 Å². The zero-order chi connectivity index (χ0) is 15.2. The lowest BCUT2D eigenvalue weighted by Crippen LogP contribution is -2.08. The second-order valence-electron chi connectivity index (χ2n) is 4.98. The Hall–Kier alpha value is -2.38. The molecule has 0 radical (unpaired) electrons. The number of benzene rings is 1. The number of aryl methyl sites for hydroxylation is 2. The zero-order valence-electron chi connectivity index (χ0n) is 12.4. The maximum atomic E-state index is 8.88. The fourth-order valence-corrected chi connectivity index (χ4v) is 2.13. The normalized spacial score (nSPS) is 10.2. The van der Waals surface area contributed by atoms with Crippen LogP contribution >= 0.6 is 0 Å². The Labute approximate surface area is 125 Å². The molecular formula is C17H19N3O. The molecule has 0 atom stereocenters. The Morgan fingerprint density at radius 3 is 2.71 bits per heavy atom. The van der Waals surface area contributed by atoms with E-state index in [1.807, 2.05) is 38.1 Å². The maximum Gasteiger partial charge on any atom is 0.141 e. The molecule has 21 heavy (non-hydrogen) atoms. The molecule has 0 spiro atoms. The van der Waals surface area contributed by atoms with Gasteiger partial charge in [0.15, 0.2) is 0 Å². The Bertz CT molecular complexity index is 674. The number of ether oxygens (including phenoxy) is 1. The summed E-state index contributed by atoms with van der Waals surface area (Å²) in [5.74, 6) is 0.773. The predicted octanol–water partition coefficient (Wildman–Crippen LogP) is 2.65. The molecular weight excluding hydrogens is 262 g/mol. The van der Waals surface area contributed by atoms with Crippen LogP contribution in [0.2, 0.25) is 0 Å². The van der Waals surface area contributed by atoms with Gasteiger partial charge in [-0.3, -0.25) is 4.98 Å². The van der Waals surface area contributed by atoms with Gasteiger partial charge in [-0.2, -0.15) is 5.26 Å². The minimum absolute atomic E-state index is 0.458. The van der Waals surface area contributed by atoms with Crippen LogP contribution < -0.4 is 10.5 Å². The Morgan fingerprint density at radius 2 is 2.05 bits per heavy atom. The van der Waals surface area contributed by atoms with E-state index in [0.717, 1.165) is 28.3 Å².